The molecule has 1 aliphatic heterocycles. The van der Waals surface area contributed by atoms with Gasteiger partial charge in [0.05, 0.1) is 5.69 Å². The van der Waals surface area contributed by atoms with Crippen molar-refractivity contribution < 1.29 is 9.90 Å². The van der Waals surface area contributed by atoms with Gasteiger partial charge in [0, 0.05) is 19.3 Å². The second-order valence-corrected chi connectivity index (χ2v) is 5.77. The van der Waals surface area contributed by atoms with Crippen LogP contribution in [-0.2, 0) is 0 Å². The molecule has 3 rings (SSSR count). The molecule has 124 valence electrons. The minimum atomic E-state index is -1.26. The quantitative estimate of drug-likeness (QED) is 0.873. The minimum Gasteiger partial charge on any atom is -0.477 e. The first-order valence-electron chi connectivity index (χ1n) is 7.70. The van der Waals surface area contributed by atoms with Crippen LogP contribution in [0.2, 0.25) is 0 Å². The summed E-state index contributed by atoms with van der Waals surface area (Å²) < 4.78 is 1.44. The van der Waals surface area contributed by atoms with E-state index in [9.17, 15) is 9.59 Å². The third kappa shape index (κ3) is 2.80. The Balaban J connectivity index is 2.07. The molecule has 0 aliphatic carbocycles. The normalized spacial score (nSPS) is 18.2. The van der Waals surface area contributed by atoms with Crippen molar-refractivity contribution >= 4 is 17.4 Å². The Morgan fingerprint density at radius 3 is 2.75 bits per heavy atom. The van der Waals surface area contributed by atoms with Gasteiger partial charge in [-0.3, -0.25) is 14.4 Å². The van der Waals surface area contributed by atoms with E-state index in [-0.39, 0.29) is 11.6 Å². The number of hydrazone groups is 1. The molecule has 0 amide bonds. The Bertz CT molecular complexity index is 858. The van der Waals surface area contributed by atoms with Gasteiger partial charge < -0.3 is 5.11 Å². The van der Waals surface area contributed by atoms with Crippen molar-refractivity contribution in [1.82, 2.24) is 9.55 Å². The number of para-hydroxylation sites is 1. The highest BCUT2D eigenvalue weighted by molar-refractivity contribution is 5.99. The molecule has 0 saturated heterocycles. The molecule has 1 aromatic carbocycles. The number of carboxylic acid groups (broad SMARTS) is 1. The summed E-state index contributed by atoms with van der Waals surface area (Å²) in [5.74, 6) is -0.827. The number of anilines is 1. The predicted molar refractivity (Wildman–Crippen MR) is 90.8 cm³/mol. The molecule has 0 radical (unpaired) electrons. The van der Waals surface area contributed by atoms with E-state index in [4.69, 9.17) is 5.11 Å². The Morgan fingerprint density at radius 1 is 1.38 bits per heavy atom. The average molecular weight is 326 g/mol. The maximum absolute atomic E-state index is 12.4. The number of carbonyl (C=O) groups is 1. The van der Waals surface area contributed by atoms with Crippen LogP contribution in [0.15, 0.2) is 46.4 Å². The Kier molecular flexibility index (Phi) is 4.16. The number of benzene rings is 1. The van der Waals surface area contributed by atoms with Crippen molar-refractivity contribution in [2.75, 3.05) is 12.1 Å². The summed E-state index contributed by atoms with van der Waals surface area (Å²) in [4.78, 5) is 27.8. The van der Waals surface area contributed by atoms with Gasteiger partial charge in [0.25, 0.3) is 5.56 Å². The molecule has 7 nitrogen and oxygen atoms in total. The number of fused-ring (bicyclic) bond motifs is 1. The third-order valence-electron chi connectivity index (χ3n) is 4.12. The summed E-state index contributed by atoms with van der Waals surface area (Å²) in [6.07, 6.45) is 2.50. The van der Waals surface area contributed by atoms with Gasteiger partial charge >= 0.3 is 5.97 Å². The maximum atomic E-state index is 12.4. The molecular formula is C17H18N4O3. The van der Waals surface area contributed by atoms with E-state index in [2.05, 4.69) is 10.1 Å². The fourth-order valence-corrected chi connectivity index (χ4v) is 2.80. The molecule has 1 aromatic heterocycles. The van der Waals surface area contributed by atoms with Gasteiger partial charge in [-0.15, -0.1) is 0 Å². The highest BCUT2D eigenvalue weighted by Crippen LogP contribution is 2.23. The molecule has 1 aliphatic rings. The lowest BCUT2D eigenvalue weighted by atomic mass is 10.0. The van der Waals surface area contributed by atoms with E-state index in [0.717, 1.165) is 11.9 Å². The zero-order valence-electron chi connectivity index (χ0n) is 13.5. The van der Waals surface area contributed by atoms with E-state index in [1.807, 2.05) is 44.3 Å². The number of hydrogen-bond donors (Lipinski definition) is 1. The fraction of sp³-hybridized carbons (Fsp3) is 0.294. The molecule has 2 heterocycles. The summed E-state index contributed by atoms with van der Waals surface area (Å²) in [5.41, 5.74) is 0.742. The fourth-order valence-electron chi connectivity index (χ4n) is 2.80. The van der Waals surface area contributed by atoms with Crippen LogP contribution in [0.25, 0.3) is 0 Å². The van der Waals surface area contributed by atoms with Gasteiger partial charge in [-0.05, 0) is 31.9 Å². The molecule has 1 unspecified atom stereocenters. The van der Waals surface area contributed by atoms with Gasteiger partial charge in [0.2, 0.25) is 0 Å². The first kappa shape index (κ1) is 15.9. The summed E-state index contributed by atoms with van der Waals surface area (Å²) in [6.45, 7) is 1.88. The first-order valence-corrected chi connectivity index (χ1v) is 7.70. The van der Waals surface area contributed by atoms with E-state index < -0.39 is 11.5 Å². The highest BCUT2D eigenvalue weighted by Gasteiger charge is 2.26. The largest absolute Gasteiger partial charge is 0.477 e. The van der Waals surface area contributed by atoms with Gasteiger partial charge in [-0.2, -0.15) is 5.10 Å². The summed E-state index contributed by atoms with van der Waals surface area (Å²) in [6, 6.07) is 9.53. The zero-order chi connectivity index (χ0) is 17.3. The number of rotatable bonds is 3. The van der Waals surface area contributed by atoms with Crippen LogP contribution in [0.3, 0.4) is 0 Å². The maximum Gasteiger partial charge on any atom is 0.342 e. The Hall–Kier alpha value is -2.96. The molecule has 0 fully saturated rings. The van der Waals surface area contributed by atoms with E-state index in [1.54, 1.807) is 5.01 Å². The Morgan fingerprint density at radius 2 is 2.08 bits per heavy atom. The van der Waals surface area contributed by atoms with E-state index in [1.165, 1.54) is 4.57 Å². The van der Waals surface area contributed by atoms with Gasteiger partial charge in [-0.25, -0.2) is 9.78 Å². The van der Waals surface area contributed by atoms with Crippen molar-refractivity contribution in [1.29, 1.82) is 0 Å². The van der Waals surface area contributed by atoms with Crippen LogP contribution < -0.4 is 10.6 Å². The second kappa shape index (κ2) is 6.27. The zero-order valence-corrected chi connectivity index (χ0v) is 13.5. The van der Waals surface area contributed by atoms with Crippen molar-refractivity contribution in [3.05, 3.63) is 58.3 Å². The lowest BCUT2D eigenvalue weighted by Crippen LogP contribution is -2.37. The monoisotopic (exact) mass is 326 g/mol. The van der Waals surface area contributed by atoms with Crippen LogP contribution in [0.5, 0.6) is 0 Å². The van der Waals surface area contributed by atoms with Crippen LogP contribution in [0.1, 0.15) is 42.0 Å². The lowest BCUT2D eigenvalue weighted by molar-refractivity contribution is 0.0693. The smallest absolute Gasteiger partial charge is 0.342 e. The molecule has 24 heavy (non-hydrogen) atoms. The van der Waals surface area contributed by atoms with Crippen molar-refractivity contribution in [3.63, 3.8) is 0 Å². The number of aromatic nitrogens is 2. The van der Waals surface area contributed by atoms with Gasteiger partial charge in [0.1, 0.15) is 11.3 Å². The molecule has 7 heteroatoms. The number of aromatic carboxylic acids is 1. The second-order valence-electron chi connectivity index (χ2n) is 5.77. The number of nitrogens with zero attached hydrogens (tertiary/aromatic N) is 4. The molecule has 2 aromatic rings. The highest BCUT2D eigenvalue weighted by atomic mass is 16.4. The predicted octanol–water partition coefficient (Wildman–Crippen LogP) is 2.14. The topological polar surface area (TPSA) is 87.8 Å². The number of hydrogen-bond acceptors (Lipinski definition) is 5. The third-order valence-corrected chi connectivity index (χ3v) is 4.12. The summed E-state index contributed by atoms with van der Waals surface area (Å²) >= 11 is 0. The molecule has 0 spiro atoms. The molecule has 0 saturated carbocycles. The van der Waals surface area contributed by atoms with Crippen molar-refractivity contribution in [3.8, 4) is 0 Å². The van der Waals surface area contributed by atoms with E-state index >= 15 is 0 Å². The standard InChI is InChI=1S/C17H18N4O3/c1-11-8-9-14(19-20(2)12-6-4-3-5-7-12)15-18-10-13(17(23)24)16(22)21(11)15/h3-7,10-11H,8-9H2,1-2H3,(H,23,24). The SMILES string of the molecule is CC1CCC(=NN(C)c2ccccc2)c2ncc(C(=O)O)c(=O)n21. The number of carboxylic acids is 1. The summed E-state index contributed by atoms with van der Waals surface area (Å²) in [5, 5.41) is 15.4. The molecule has 0 bridgehead atoms. The molecule has 1 atom stereocenters. The van der Waals surface area contributed by atoms with E-state index in [0.29, 0.717) is 24.4 Å². The van der Waals surface area contributed by atoms with Crippen LogP contribution in [0, 0.1) is 0 Å². The molecule has 1 N–H and O–H groups in total. The van der Waals surface area contributed by atoms with Crippen molar-refractivity contribution in [2.45, 2.75) is 25.8 Å². The van der Waals surface area contributed by atoms with Crippen LogP contribution in [0.4, 0.5) is 5.69 Å². The Labute approximate surface area is 138 Å². The van der Waals surface area contributed by atoms with Crippen LogP contribution in [-0.4, -0.2) is 33.4 Å². The van der Waals surface area contributed by atoms with Crippen molar-refractivity contribution in [2.24, 2.45) is 5.10 Å². The van der Waals surface area contributed by atoms with Gasteiger partial charge in [-0.1, -0.05) is 18.2 Å². The lowest BCUT2D eigenvalue weighted by Gasteiger charge is -2.26. The molecular weight excluding hydrogens is 308 g/mol. The van der Waals surface area contributed by atoms with Crippen LogP contribution >= 0.6 is 0 Å². The summed E-state index contributed by atoms with van der Waals surface area (Å²) in [7, 11) is 1.83. The average Bonchev–Trinajstić information content (AvgIpc) is 2.57. The minimum absolute atomic E-state index is 0.111. The van der Waals surface area contributed by atoms with Gasteiger partial charge in [0.15, 0.2) is 5.82 Å². The first-order chi connectivity index (χ1) is 11.5.